The van der Waals surface area contributed by atoms with Crippen molar-refractivity contribution in [2.24, 2.45) is 15.2 Å². The summed E-state index contributed by atoms with van der Waals surface area (Å²) in [4.78, 5) is 17.0. The van der Waals surface area contributed by atoms with Crippen molar-refractivity contribution < 1.29 is 38.4 Å². The number of rotatable bonds is 7. The Labute approximate surface area is 265 Å². The molecule has 1 N–H and O–H groups in total. The Balaban J connectivity index is 0.00000353. The van der Waals surface area contributed by atoms with Gasteiger partial charge in [-0.2, -0.15) is 4.57 Å². The van der Waals surface area contributed by atoms with Gasteiger partial charge in [-0.1, -0.05) is 102 Å². The van der Waals surface area contributed by atoms with Crippen molar-refractivity contribution in [2.45, 2.75) is 13.5 Å². The monoisotopic (exact) mass is 682 g/mol. The second-order valence-electron chi connectivity index (χ2n) is 9.73. The maximum atomic E-state index is 12.3. The standard InChI is InChI=1S/C34H26N4O2S.HI/c1-23-16-18-25(19-17-23)30-22-41-34(35-30)37-36-29(24-10-4-2-5-11-24)21-38-31-15-9-8-14-27(31)28(33(39)40)20-32(38)26-12-6-3-7-13-26;/h2-20H,21-22H2,1H3;1H/b36-29-,37-34-;. The Hall–Kier alpha value is -4.15. The van der Waals surface area contributed by atoms with Crippen LogP contribution >= 0.6 is 11.8 Å². The second kappa shape index (κ2) is 13.2. The smallest absolute Gasteiger partial charge is 0.336 e. The average Bonchev–Trinajstić information content (AvgIpc) is 3.49. The van der Waals surface area contributed by atoms with Gasteiger partial charge in [-0.05, 0) is 30.7 Å². The summed E-state index contributed by atoms with van der Waals surface area (Å²) < 4.78 is 2.12. The minimum absolute atomic E-state index is 0. The van der Waals surface area contributed by atoms with E-state index in [1.54, 1.807) is 17.8 Å². The third kappa shape index (κ3) is 6.34. The van der Waals surface area contributed by atoms with E-state index in [9.17, 15) is 9.90 Å². The molecule has 42 heavy (non-hydrogen) atoms. The summed E-state index contributed by atoms with van der Waals surface area (Å²) in [5.74, 6) is -0.221. The number of carboxylic acids is 1. The number of hydrogen-bond donors (Lipinski definition) is 1. The number of aryl methyl sites for hydroxylation is 1. The summed E-state index contributed by atoms with van der Waals surface area (Å²) >= 11 is 1.57. The van der Waals surface area contributed by atoms with E-state index in [0.717, 1.165) is 45.1 Å². The number of fused-ring (bicyclic) bond motifs is 1. The first kappa shape index (κ1) is 29.3. The van der Waals surface area contributed by atoms with Crippen LogP contribution in [0, 0.1) is 6.92 Å². The molecule has 6 rings (SSSR count). The number of thioether (sulfide) groups is 1. The molecule has 5 aromatic rings. The Bertz CT molecular complexity index is 1840. The van der Waals surface area contributed by atoms with Gasteiger partial charge in [-0.25, -0.2) is 9.79 Å². The molecule has 1 aromatic heterocycles. The molecule has 208 valence electrons. The highest BCUT2D eigenvalue weighted by molar-refractivity contribution is 8.15. The quantitative estimate of drug-likeness (QED) is 0.123. The maximum Gasteiger partial charge on any atom is 0.336 e. The molecule has 0 radical (unpaired) electrons. The third-order valence-electron chi connectivity index (χ3n) is 6.98. The van der Waals surface area contributed by atoms with Crippen molar-refractivity contribution in [3.63, 3.8) is 0 Å². The van der Waals surface area contributed by atoms with Gasteiger partial charge >= 0.3 is 5.97 Å². The normalized spacial score (nSPS) is 14.1. The molecule has 0 atom stereocenters. The molecule has 0 bridgehead atoms. The van der Waals surface area contributed by atoms with Crippen LogP contribution < -0.4 is 28.5 Å². The van der Waals surface area contributed by atoms with Crippen LogP contribution in [0.3, 0.4) is 0 Å². The highest BCUT2D eigenvalue weighted by Gasteiger charge is 2.25. The molecule has 0 fully saturated rings. The highest BCUT2D eigenvalue weighted by Crippen LogP contribution is 2.25. The van der Waals surface area contributed by atoms with E-state index >= 15 is 0 Å². The number of nitrogens with zero attached hydrogens (tertiary/aromatic N) is 4. The van der Waals surface area contributed by atoms with E-state index in [1.807, 2.05) is 84.9 Å². The molecule has 8 heteroatoms. The van der Waals surface area contributed by atoms with Crippen molar-refractivity contribution >= 4 is 45.2 Å². The van der Waals surface area contributed by atoms with Gasteiger partial charge < -0.3 is 29.1 Å². The molecule has 1 aliphatic rings. The topological polar surface area (TPSA) is 78.3 Å². The molecule has 0 aliphatic carbocycles. The Kier molecular flexibility index (Phi) is 9.24. The Morgan fingerprint density at radius 1 is 0.881 bits per heavy atom. The van der Waals surface area contributed by atoms with Crippen LogP contribution in [0.1, 0.15) is 27.0 Å². The van der Waals surface area contributed by atoms with Crippen LogP contribution in [0.2, 0.25) is 0 Å². The first-order valence-electron chi connectivity index (χ1n) is 13.3. The SMILES string of the molecule is Cc1ccc(C2=N/C(=N/N=C(/C[n+]3c(-c4ccccc4)cc(C(=O)O)c4ccccc43)c3ccccc3)SC2)cc1.[I-]. The van der Waals surface area contributed by atoms with Crippen molar-refractivity contribution in [1.82, 2.24) is 0 Å². The Morgan fingerprint density at radius 2 is 1.55 bits per heavy atom. The molecule has 4 aromatic carbocycles. The van der Waals surface area contributed by atoms with Crippen LogP contribution in [0.15, 0.2) is 130 Å². The van der Waals surface area contributed by atoms with Gasteiger partial charge in [0.1, 0.15) is 5.71 Å². The highest BCUT2D eigenvalue weighted by atomic mass is 127. The molecule has 6 nitrogen and oxygen atoms in total. The third-order valence-corrected chi connectivity index (χ3v) is 7.83. The van der Waals surface area contributed by atoms with E-state index in [0.29, 0.717) is 17.1 Å². The van der Waals surface area contributed by atoms with Crippen LogP contribution in [-0.2, 0) is 6.54 Å². The number of benzene rings is 4. The fourth-order valence-electron chi connectivity index (χ4n) is 4.88. The molecule has 2 heterocycles. The summed E-state index contributed by atoms with van der Waals surface area (Å²) in [5, 5.41) is 20.7. The number of carbonyl (C=O) groups is 1. The van der Waals surface area contributed by atoms with Gasteiger partial charge in [0.05, 0.1) is 16.7 Å². The molecule has 0 saturated carbocycles. The molecular weight excluding hydrogens is 655 g/mol. The summed E-state index contributed by atoms with van der Waals surface area (Å²) in [5.41, 5.74) is 7.73. The van der Waals surface area contributed by atoms with E-state index in [2.05, 4.69) is 40.9 Å². The number of para-hydroxylation sites is 1. The average molecular weight is 683 g/mol. The lowest BCUT2D eigenvalue weighted by Gasteiger charge is -2.11. The zero-order valence-corrected chi connectivity index (χ0v) is 25.8. The molecular formula is C34H27IN4O2S. The van der Waals surface area contributed by atoms with Crippen molar-refractivity contribution in [2.75, 3.05) is 5.75 Å². The van der Waals surface area contributed by atoms with Crippen LogP contribution in [0.5, 0.6) is 0 Å². The van der Waals surface area contributed by atoms with Crippen LogP contribution in [0.4, 0.5) is 0 Å². The largest absolute Gasteiger partial charge is 1.00 e. The number of aliphatic imine (C=N–C) groups is 1. The summed E-state index contributed by atoms with van der Waals surface area (Å²) in [6, 6.07) is 37.5. The first-order chi connectivity index (χ1) is 20.1. The first-order valence-corrected chi connectivity index (χ1v) is 14.3. The summed E-state index contributed by atoms with van der Waals surface area (Å²) in [6.45, 7) is 2.45. The van der Waals surface area contributed by atoms with Gasteiger partial charge in [0.15, 0.2) is 6.54 Å². The maximum absolute atomic E-state index is 12.3. The van der Waals surface area contributed by atoms with E-state index < -0.39 is 5.97 Å². The predicted octanol–water partition coefficient (Wildman–Crippen LogP) is 3.80. The summed E-state index contributed by atoms with van der Waals surface area (Å²) in [6.07, 6.45) is 0. The van der Waals surface area contributed by atoms with E-state index in [-0.39, 0.29) is 29.5 Å². The summed E-state index contributed by atoms with van der Waals surface area (Å²) in [7, 11) is 0. The van der Waals surface area contributed by atoms with Gasteiger partial charge in [-0.3, -0.25) is 0 Å². The second-order valence-corrected chi connectivity index (χ2v) is 10.7. The number of hydrogen-bond acceptors (Lipinski definition) is 4. The van der Waals surface area contributed by atoms with Gasteiger partial charge in [0.25, 0.3) is 0 Å². The van der Waals surface area contributed by atoms with Crippen molar-refractivity contribution in [3.8, 4) is 11.3 Å². The fraction of sp³-hybridized carbons (Fsp3) is 0.0882. The lowest BCUT2D eigenvalue weighted by Crippen LogP contribution is -3.00. The number of amidine groups is 1. The zero-order valence-electron chi connectivity index (χ0n) is 22.8. The minimum Gasteiger partial charge on any atom is -1.00 e. The van der Waals surface area contributed by atoms with Crippen molar-refractivity contribution in [1.29, 1.82) is 0 Å². The molecule has 0 unspecified atom stereocenters. The zero-order chi connectivity index (χ0) is 28.2. The van der Waals surface area contributed by atoms with Gasteiger partial charge in [0.2, 0.25) is 16.4 Å². The van der Waals surface area contributed by atoms with Crippen molar-refractivity contribution in [3.05, 3.63) is 138 Å². The number of carboxylic acid groups (broad SMARTS) is 1. The van der Waals surface area contributed by atoms with Crippen LogP contribution in [-0.4, -0.2) is 33.4 Å². The molecule has 0 spiro atoms. The molecule has 0 saturated heterocycles. The number of aromatic carboxylic acids is 1. The predicted molar refractivity (Wildman–Crippen MR) is 167 cm³/mol. The molecule has 1 aliphatic heterocycles. The lowest BCUT2D eigenvalue weighted by atomic mass is 10.0. The van der Waals surface area contributed by atoms with E-state index in [1.165, 1.54) is 5.56 Å². The Morgan fingerprint density at radius 3 is 2.26 bits per heavy atom. The van der Waals surface area contributed by atoms with Crippen LogP contribution in [0.25, 0.3) is 22.2 Å². The lowest BCUT2D eigenvalue weighted by molar-refractivity contribution is -0.644. The minimum atomic E-state index is -0.964. The fourth-order valence-corrected chi connectivity index (χ4v) is 5.65. The van der Waals surface area contributed by atoms with Gasteiger partial charge in [0, 0.05) is 29.0 Å². The van der Waals surface area contributed by atoms with E-state index in [4.69, 9.17) is 10.1 Å². The number of aromatic nitrogens is 1. The number of pyridine rings is 1. The number of halogens is 1. The molecule has 0 amide bonds. The van der Waals surface area contributed by atoms with Gasteiger partial charge in [-0.15, -0.1) is 10.2 Å².